The summed E-state index contributed by atoms with van der Waals surface area (Å²) in [6, 6.07) is 2.19. The number of rotatable bonds is 1. The molecule has 2 aliphatic carbocycles. The first-order chi connectivity index (χ1) is 10.4. The van der Waals surface area contributed by atoms with Crippen LogP contribution in [0.1, 0.15) is 46.0 Å². The van der Waals surface area contributed by atoms with Crippen molar-refractivity contribution in [2.24, 2.45) is 23.0 Å². The molecule has 0 fully saturated rings. The molecule has 1 heterocycles. The number of ketones is 1. The molecule has 4 heteroatoms. The molecule has 4 nitrogen and oxygen atoms in total. The normalized spacial score (nSPS) is 30.7. The maximum absolute atomic E-state index is 12.7. The van der Waals surface area contributed by atoms with E-state index in [1.165, 1.54) is 0 Å². The molecule has 0 saturated carbocycles. The van der Waals surface area contributed by atoms with Crippen molar-refractivity contribution < 1.29 is 9.53 Å². The van der Waals surface area contributed by atoms with Gasteiger partial charge in [-0.05, 0) is 30.6 Å². The van der Waals surface area contributed by atoms with Crippen LogP contribution in [-0.2, 0) is 9.53 Å². The zero-order chi connectivity index (χ0) is 15.9. The van der Waals surface area contributed by atoms with E-state index in [0.717, 1.165) is 19.3 Å². The van der Waals surface area contributed by atoms with Gasteiger partial charge in [-0.1, -0.05) is 26.0 Å². The van der Waals surface area contributed by atoms with Gasteiger partial charge in [0.1, 0.15) is 11.8 Å². The lowest BCUT2D eigenvalue weighted by molar-refractivity contribution is -0.119. The number of carbonyl (C=O) groups excluding carboxylic acids is 1. The van der Waals surface area contributed by atoms with Crippen LogP contribution in [0.25, 0.3) is 0 Å². The number of hydrogen-bond acceptors (Lipinski definition) is 4. The maximum Gasteiger partial charge on any atom is 0.204 e. The van der Waals surface area contributed by atoms with Gasteiger partial charge in [-0.15, -0.1) is 0 Å². The highest BCUT2D eigenvalue weighted by Crippen LogP contribution is 2.48. The van der Waals surface area contributed by atoms with Gasteiger partial charge in [0.2, 0.25) is 5.88 Å². The van der Waals surface area contributed by atoms with Crippen LogP contribution >= 0.6 is 0 Å². The van der Waals surface area contributed by atoms with Crippen LogP contribution in [0.15, 0.2) is 34.9 Å². The van der Waals surface area contributed by atoms with Crippen molar-refractivity contribution in [1.29, 1.82) is 5.26 Å². The lowest BCUT2D eigenvalue weighted by Gasteiger charge is -2.39. The van der Waals surface area contributed by atoms with E-state index in [-0.39, 0.29) is 28.9 Å². The Morgan fingerprint density at radius 3 is 2.77 bits per heavy atom. The number of nitrogens with zero attached hydrogens (tertiary/aromatic N) is 1. The van der Waals surface area contributed by atoms with Crippen molar-refractivity contribution in [2.75, 3.05) is 0 Å². The molecule has 0 bridgehead atoms. The fourth-order valence-electron chi connectivity index (χ4n) is 3.92. The first kappa shape index (κ1) is 14.9. The van der Waals surface area contributed by atoms with E-state index in [1.54, 1.807) is 0 Å². The van der Waals surface area contributed by atoms with Gasteiger partial charge >= 0.3 is 0 Å². The SMILES string of the molecule is CC1(C)CC(=O)C2=C(C1)OC(N)=C(C#N)[C@@H]2[C@@H]1CC=CCC1. The summed E-state index contributed by atoms with van der Waals surface area (Å²) >= 11 is 0. The minimum atomic E-state index is -0.192. The van der Waals surface area contributed by atoms with E-state index in [1.807, 2.05) is 0 Å². The minimum absolute atomic E-state index is 0.114. The van der Waals surface area contributed by atoms with E-state index < -0.39 is 0 Å². The topological polar surface area (TPSA) is 76.1 Å². The summed E-state index contributed by atoms with van der Waals surface area (Å²) in [5.41, 5.74) is 7.04. The molecule has 2 N–H and O–H groups in total. The van der Waals surface area contributed by atoms with E-state index in [9.17, 15) is 10.1 Å². The van der Waals surface area contributed by atoms with Crippen molar-refractivity contribution in [3.63, 3.8) is 0 Å². The Balaban J connectivity index is 2.07. The Morgan fingerprint density at radius 1 is 1.36 bits per heavy atom. The molecule has 0 aromatic carbocycles. The van der Waals surface area contributed by atoms with Gasteiger partial charge in [0.05, 0.1) is 5.57 Å². The third kappa shape index (κ3) is 2.45. The molecule has 0 amide bonds. The largest absolute Gasteiger partial charge is 0.444 e. The van der Waals surface area contributed by atoms with Crippen LogP contribution in [0.3, 0.4) is 0 Å². The molecule has 0 saturated heterocycles. The number of hydrogen-bond donors (Lipinski definition) is 1. The standard InChI is InChI=1S/C18H22N2O2/c1-18(2)8-13(21)16-14(9-18)22-17(20)12(10-19)15(16)11-6-4-3-5-7-11/h3-4,11,15H,5-9,20H2,1-2H3/t11-,15+/m1/s1. The third-order valence-corrected chi connectivity index (χ3v) is 4.90. The van der Waals surface area contributed by atoms with Gasteiger partial charge in [0, 0.05) is 24.3 Å². The Labute approximate surface area is 131 Å². The number of allylic oxidation sites excluding steroid dienone is 5. The lowest BCUT2D eigenvalue weighted by atomic mass is 9.67. The number of ether oxygens (including phenoxy) is 1. The van der Waals surface area contributed by atoms with Gasteiger partial charge in [-0.3, -0.25) is 4.79 Å². The molecule has 22 heavy (non-hydrogen) atoms. The van der Waals surface area contributed by atoms with Gasteiger partial charge in [0.15, 0.2) is 5.78 Å². The Hall–Kier alpha value is -2.02. The van der Waals surface area contributed by atoms with Gasteiger partial charge in [0.25, 0.3) is 0 Å². The zero-order valence-electron chi connectivity index (χ0n) is 13.2. The highest BCUT2D eigenvalue weighted by Gasteiger charge is 2.44. The van der Waals surface area contributed by atoms with Crippen LogP contribution in [0.4, 0.5) is 0 Å². The summed E-state index contributed by atoms with van der Waals surface area (Å²) in [6.45, 7) is 4.13. The lowest BCUT2D eigenvalue weighted by Crippen LogP contribution is -2.37. The van der Waals surface area contributed by atoms with Crippen LogP contribution in [0, 0.1) is 28.6 Å². The predicted molar refractivity (Wildman–Crippen MR) is 82.9 cm³/mol. The predicted octanol–water partition coefficient (Wildman–Crippen LogP) is 3.33. The van der Waals surface area contributed by atoms with E-state index in [2.05, 4.69) is 32.1 Å². The van der Waals surface area contributed by atoms with Crippen molar-refractivity contribution >= 4 is 5.78 Å². The number of carbonyl (C=O) groups is 1. The zero-order valence-corrected chi connectivity index (χ0v) is 13.2. The molecule has 0 aromatic heterocycles. The van der Waals surface area contributed by atoms with Crippen LogP contribution in [0.5, 0.6) is 0 Å². The van der Waals surface area contributed by atoms with Crippen LogP contribution < -0.4 is 5.73 Å². The van der Waals surface area contributed by atoms with Crippen molar-refractivity contribution in [3.05, 3.63) is 34.9 Å². The number of nitriles is 1. The molecule has 1 aliphatic heterocycles. The quantitative estimate of drug-likeness (QED) is 0.753. The molecule has 0 radical (unpaired) electrons. The van der Waals surface area contributed by atoms with Gasteiger partial charge in [-0.25, -0.2) is 0 Å². The van der Waals surface area contributed by atoms with Crippen molar-refractivity contribution in [3.8, 4) is 6.07 Å². The second-order valence-electron chi connectivity index (χ2n) is 7.29. The fraction of sp³-hybridized carbons (Fsp3) is 0.556. The molecule has 0 aromatic rings. The molecule has 3 aliphatic rings. The number of nitrogens with two attached hydrogens (primary N) is 1. The Kier molecular flexibility index (Phi) is 3.60. The van der Waals surface area contributed by atoms with Crippen LogP contribution in [0.2, 0.25) is 0 Å². The Bertz CT molecular complexity index is 646. The van der Waals surface area contributed by atoms with E-state index in [4.69, 9.17) is 10.5 Å². The highest BCUT2D eigenvalue weighted by molar-refractivity contribution is 5.98. The monoisotopic (exact) mass is 298 g/mol. The smallest absolute Gasteiger partial charge is 0.204 e. The average molecular weight is 298 g/mol. The summed E-state index contributed by atoms with van der Waals surface area (Å²) in [5.74, 6) is 1.06. The van der Waals surface area contributed by atoms with E-state index in [0.29, 0.717) is 29.7 Å². The third-order valence-electron chi connectivity index (χ3n) is 4.90. The average Bonchev–Trinajstić information content (AvgIpc) is 2.45. The van der Waals surface area contributed by atoms with Gasteiger partial charge in [-0.2, -0.15) is 5.26 Å². The summed E-state index contributed by atoms with van der Waals surface area (Å²) in [5, 5.41) is 9.52. The second-order valence-corrected chi connectivity index (χ2v) is 7.29. The van der Waals surface area contributed by atoms with Gasteiger partial charge < -0.3 is 10.5 Å². The maximum atomic E-state index is 12.7. The molecule has 2 atom stereocenters. The Morgan fingerprint density at radius 2 is 2.14 bits per heavy atom. The second kappa shape index (κ2) is 5.31. The molecule has 3 rings (SSSR count). The first-order valence-corrected chi connectivity index (χ1v) is 7.92. The molecular weight excluding hydrogens is 276 g/mol. The van der Waals surface area contributed by atoms with Crippen LogP contribution in [-0.4, -0.2) is 5.78 Å². The molecule has 116 valence electrons. The highest BCUT2D eigenvalue weighted by atomic mass is 16.5. The summed E-state index contributed by atoms with van der Waals surface area (Å²) in [7, 11) is 0. The first-order valence-electron chi connectivity index (χ1n) is 7.92. The fourth-order valence-corrected chi connectivity index (χ4v) is 3.92. The summed E-state index contributed by atoms with van der Waals surface area (Å²) in [4.78, 5) is 12.7. The van der Waals surface area contributed by atoms with Crippen molar-refractivity contribution in [2.45, 2.75) is 46.0 Å². The number of Topliss-reactive ketones (excluding diaryl/α,β-unsaturated/α-hetero) is 1. The summed E-state index contributed by atoms with van der Waals surface area (Å²) < 4.78 is 5.70. The molecular formula is C18H22N2O2. The van der Waals surface area contributed by atoms with E-state index >= 15 is 0 Å². The molecule has 0 unspecified atom stereocenters. The molecule has 0 spiro atoms. The minimum Gasteiger partial charge on any atom is -0.444 e. The van der Waals surface area contributed by atoms with Crippen molar-refractivity contribution in [1.82, 2.24) is 0 Å². The summed E-state index contributed by atoms with van der Waals surface area (Å²) in [6.07, 6.45) is 8.37.